The highest BCUT2D eigenvalue weighted by atomic mass is 16.6. The van der Waals surface area contributed by atoms with E-state index in [9.17, 15) is 14.7 Å². The van der Waals surface area contributed by atoms with E-state index in [2.05, 4.69) is 6.92 Å². The second-order valence-electron chi connectivity index (χ2n) is 7.49. The van der Waals surface area contributed by atoms with Gasteiger partial charge < -0.3 is 24.2 Å². The van der Waals surface area contributed by atoms with Crippen LogP contribution < -0.4 is 4.74 Å². The first-order chi connectivity index (χ1) is 15.0. The van der Waals surface area contributed by atoms with Gasteiger partial charge >= 0.3 is 12.1 Å². The van der Waals surface area contributed by atoms with Crippen LogP contribution in [0.25, 0.3) is 0 Å². The highest BCUT2D eigenvalue weighted by Gasteiger charge is 2.18. The van der Waals surface area contributed by atoms with Crippen molar-refractivity contribution in [2.75, 3.05) is 32.9 Å². The topological polar surface area (TPSA) is 85.3 Å². The first-order valence-electron chi connectivity index (χ1n) is 11.5. The predicted octanol–water partition coefficient (Wildman–Crippen LogP) is 4.92. The van der Waals surface area contributed by atoms with Crippen molar-refractivity contribution in [3.05, 3.63) is 29.8 Å². The third-order valence-corrected chi connectivity index (χ3v) is 4.84. The van der Waals surface area contributed by atoms with Crippen LogP contribution in [0.1, 0.15) is 64.9 Å². The molecule has 0 fully saturated rings. The van der Waals surface area contributed by atoms with Crippen LogP contribution in [0.5, 0.6) is 5.75 Å². The van der Waals surface area contributed by atoms with E-state index in [-0.39, 0.29) is 6.09 Å². The number of aliphatic carboxylic acids is 1. The van der Waals surface area contributed by atoms with Crippen LogP contribution in [0, 0.1) is 0 Å². The van der Waals surface area contributed by atoms with Gasteiger partial charge in [0.25, 0.3) is 0 Å². The van der Waals surface area contributed by atoms with Gasteiger partial charge in [0, 0.05) is 19.6 Å². The fraction of sp³-hybridized carbons (Fsp3) is 0.667. The number of amides is 1. The van der Waals surface area contributed by atoms with E-state index in [1.807, 2.05) is 31.2 Å². The molecule has 0 spiro atoms. The molecular formula is C24H39NO6. The van der Waals surface area contributed by atoms with Crippen LogP contribution in [-0.2, 0) is 20.7 Å². The van der Waals surface area contributed by atoms with Crippen molar-refractivity contribution in [3.8, 4) is 5.75 Å². The number of carboxylic acid groups (broad SMARTS) is 1. The summed E-state index contributed by atoms with van der Waals surface area (Å²) in [5.41, 5.74) is 0.866. The summed E-state index contributed by atoms with van der Waals surface area (Å²) >= 11 is 0. The third-order valence-electron chi connectivity index (χ3n) is 4.84. The number of nitrogens with zero attached hydrogens (tertiary/aromatic N) is 1. The fourth-order valence-corrected chi connectivity index (χ4v) is 3.11. The molecular weight excluding hydrogens is 398 g/mol. The zero-order chi connectivity index (χ0) is 22.9. The number of carbonyl (C=O) groups excluding carboxylic acids is 1. The molecule has 176 valence electrons. The maximum Gasteiger partial charge on any atom is 0.409 e. The van der Waals surface area contributed by atoms with Gasteiger partial charge in [-0.05, 0) is 37.5 Å². The van der Waals surface area contributed by atoms with Crippen LogP contribution >= 0.6 is 0 Å². The Bertz CT molecular complexity index is 619. The summed E-state index contributed by atoms with van der Waals surface area (Å²) in [4.78, 5) is 25.2. The molecule has 1 amide bonds. The molecule has 0 aliphatic carbocycles. The smallest absolute Gasteiger partial charge is 0.409 e. The minimum atomic E-state index is -0.966. The lowest BCUT2D eigenvalue weighted by Gasteiger charge is -2.22. The summed E-state index contributed by atoms with van der Waals surface area (Å²) in [5.74, 6) is -0.288. The van der Waals surface area contributed by atoms with Crippen molar-refractivity contribution < 1.29 is 28.9 Å². The lowest BCUT2D eigenvalue weighted by Crippen LogP contribution is -2.36. The molecule has 1 atom stereocenters. The fourth-order valence-electron chi connectivity index (χ4n) is 3.11. The summed E-state index contributed by atoms with van der Waals surface area (Å²) in [6, 6.07) is 7.30. The van der Waals surface area contributed by atoms with Crippen molar-refractivity contribution >= 4 is 12.1 Å². The van der Waals surface area contributed by atoms with E-state index < -0.39 is 12.1 Å². The average Bonchev–Trinajstić information content (AvgIpc) is 2.76. The molecule has 0 heterocycles. The van der Waals surface area contributed by atoms with Gasteiger partial charge in [0.15, 0.2) is 6.10 Å². The Morgan fingerprint density at radius 2 is 1.65 bits per heavy atom. The molecule has 1 rings (SSSR count). The summed E-state index contributed by atoms with van der Waals surface area (Å²) in [6.45, 7) is 8.21. The molecule has 0 bridgehead atoms. The molecule has 7 heteroatoms. The molecule has 1 aromatic carbocycles. The Morgan fingerprint density at radius 3 is 2.26 bits per heavy atom. The summed E-state index contributed by atoms with van der Waals surface area (Å²) in [5, 5.41) is 9.20. The first-order valence-corrected chi connectivity index (χ1v) is 11.5. The third kappa shape index (κ3) is 11.6. The molecule has 0 aromatic heterocycles. The minimum absolute atomic E-state index is 0.285. The van der Waals surface area contributed by atoms with Gasteiger partial charge in [0.2, 0.25) is 0 Å². The van der Waals surface area contributed by atoms with Gasteiger partial charge in [-0.2, -0.15) is 0 Å². The van der Waals surface area contributed by atoms with Crippen LogP contribution in [0.3, 0.4) is 0 Å². The van der Waals surface area contributed by atoms with Crippen LogP contribution in [-0.4, -0.2) is 61.1 Å². The summed E-state index contributed by atoms with van der Waals surface area (Å²) in [6.07, 6.45) is 5.62. The number of benzene rings is 1. The minimum Gasteiger partial charge on any atom is -0.492 e. The summed E-state index contributed by atoms with van der Waals surface area (Å²) in [7, 11) is 0. The van der Waals surface area contributed by atoms with Gasteiger partial charge in [-0.1, -0.05) is 51.7 Å². The van der Waals surface area contributed by atoms with Crippen molar-refractivity contribution in [3.63, 3.8) is 0 Å². The Balaban J connectivity index is 2.51. The summed E-state index contributed by atoms with van der Waals surface area (Å²) < 4.78 is 16.3. The number of hydrogen-bond donors (Lipinski definition) is 1. The average molecular weight is 438 g/mol. The number of rotatable bonds is 17. The molecule has 0 aliphatic heterocycles. The number of hydrogen-bond acceptors (Lipinski definition) is 5. The molecule has 0 aliphatic rings. The predicted molar refractivity (Wildman–Crippen MR) is 121 cm³/mol. The Hall–Kier alpha value is -2.28. The van der Waals surface area contributed by atoms with E-state index in [0.29, 0.717) is 45.1 Å². The van der Waals surface area contributed by atoms with Crippen LogP contribution in [0.4, 0.5) is 4.79 Å². The number of ether oxygens (including phenoxy) is 3. The normalized spacial score (nSPS) is 11.7. The molecule has 0 saturated heterocycles. The van der Waals surface area contributed by atoms with Crippen LogP contribution in [0.2, 0.25) is 0 Å². The SMILES string of the molecule is CCCCCCCN(CCOc1ccc(CC(OCC)C(=O)O)cc1)C(=O)OCCC. The van der Waals surface area contributed by atoms with Gasteiger partial charge in [-0.3, -0.25) is 0 Å². The standard InChI is InChI=1S/C24H39NO6/c1-4-7-8-9-10-15-25(24(28)31-17-5-2)16-18-30-21-13-11-20(12-14-21)19-22(23(26)27)29-6-3/h11-14,22H,4-10,15-19H2,1-3H3,(H,26,27). The van der Waals surface area contributed by atoms with Gasteiger partial charge in [-0.25, -0.2) is 9.59 Å². The first kappa shape index (κ1) is 26.8. The highest BCUT2D eigenvalue weighted by molar-refractivity contribution is 5.72. The second kappa shape index (κ2) is 16.4. The monoisotopic (exact) mass is 437 g/mol. The van der Waals surface area contributed by atoms with Gasteiger partial charge in [-0.15, -0.1) is 0 Å². The molecule has 7 nitrogen and oxygen atoms in total. The van der Waals surface area contributed by atoms with E-state index >= 15 is 0 Å². The van der Waals surface area contributed by atoms with E-state index in [4.69, 9.17) is 14.2 Å². The maximum atomic E-state index is 12.3. The molecule has 31 heavy (non-hydrogen) atoms. The zero-order valence-electron chi connectivity index (χ0n) is 19.3. The van der Waals surface area contributed by atoms with Gasteiger partial charge in [0.1, 0.15) is 12.4 Å². The maximum absolute atomic E-state index is 12.3. The lowest BCUT2D eigenvalue weighted by molar-refractivity contribution is -0.149. The zero-order valence-corrected chi connectivity index (χ0v) is 19.3. The second-order valence-corrected chi connectivity index (χ2v) is 7.49. The Kier molecular flexibility index (Phi) is 14.2. The molecule has 1 aromatic rings. The molecule has 0 radical (unpaired) electrons. The molecule has 1 N–H and O–H groups in total. The van der Waals surface area contributed by atoms with E-state index in [0.717, 1.165) is 24.8 Å². The highest BCUT2D eigenvalue weighted by Crippen LogP contribution is 2.15. The lowest BCUT2D eigenvalue weighted by atomic mass is 10.1. The van der Waals surface area contributed by atoms with Crippen LogP contribution in [0.15, 0.2) is 24.3 Å². The Labute approximate surface area is 186 Å². The number of unbranched alkanes of at least 4 members (excludes halogenated alkanes) is 4. The molecule has 1 unspecified atom stereocenters. The van der Waals surface area contributed by atoms with Crippen molar-refractivity contribution in [1.29, 1.82) is 0 Å². The van der Waals surface area contributed by atoms with Crippen molar-refractivity contribution in [2.24, 2.45) is 0 Å². The number of carbonyl (C=O) groups is 2. The van der Waals surface area contributed by atoms with Gasteiger partial charge in [0.05, 0.1) is 13.2 Å². The van der Waals surface area contributed by atoms with E-state index in [1.165, 1.54) is 19.3 Å². The van der Waals surface area contributed by atoms with E-state index in [1.54, 1.807) is 11.8 Å². The number of carboxylic acids is 1. The Morgan fingerprint density at radius 1 is 0.935 bits per heavy atom. The quantitative estimate of drug-likeness (QED) is 0.348. The largest absolute Gasteiger partial charge is 0.492 e. The van der Waals surface area contributed by atoms with Crippen molar-refractivity contribution in [1.82, 2.24) is 4.90 Å². The van der Waals surface area contributed by atoms with Crippen molar-refractivity contribution in [2.45, 2.75) is 71.8 Å². The molecule has 0 saturated carbocycles.